The van der Waals surface area contributed by atoms with Gasteiger partial charge in [-0.25, -0.2) is 4.98 Å². The predicted octanol–water partition coefficient (Wildman–Crippen LogP) is 2.99. The molecular weight excluding hydrogens is 376 g/mol. The highest BCUT2D eigenvalue weighted by atomic mass is 16.3. The van der Waals surface area contributed by atoms with Gasteiger partial charge in [0.05, 0.1) is 18.2 Å². The van der Waals surface area contributed by atoms with Gasteiger partial charge in [-0.2, -0.15) is 0 Å². The number of hydrogen-bond donors (Lipinski definition) is 1. The zero-order valence-corrected chi connectivity index (χ0v) is 17.3. The first-order chi connectivity index (χ1) is 14.7. The molecule has 2 aromatic carbocycles. The van der Waals surface area contributed by atoms with Crippen LogP contribution in [0.25, 0.3) is 11.5 Å². The van der Waals surface area contributed by atoms with Crippen LogP contribution in [0.2, 0.25) is 0 Å². The van der Waals surface area contributed by atoms with Gasteiger partial charge in [0.15, 0.2) is 0 Å². The summed E-state index contributed by atoms with van der Waals surface area (Å²) < 4.78 is 5.57. The maximum Gasteiger partial charge on any atom is 0.226 e. The smallest absolute Gasteiger partial charge is 0.226 e. The molecule has 30 heavy (non-hydrogen) atoms. The van der Waals surface area contributed by atoms with E-state index in [0.717, 1.165) is 43.9 Å². The van der Waals surface area contributed by atoms with Crippen molar-refractivity contribution in [3.05, 3.63) is 78.2 Å². The van der Waals surface area contributed by atoms with Crippen molar-refractivity contribution in [1.82, 2.24) is 20.1 Å². The second-order valence-electron chi connectivity index (χ2n) is 7.82. The Hall–Kier alpha value is -2.96. The van der Waals surface area contributed by atoms with E-state index in [0.29, 0.717) is 11.6 Å². The van der Waals surface area contributed by atoms with Gasteiger partial charge in [-0.15, -0.1) is 0 Å². The van der Waals surface area contributed by atoms with E-state index in [-0.39, 0.29) is 18.4 Å². The van der Waals surface area contributed by atoms with Crippen LogP contribution in [0.5, 0.6) is 0 Å². The molecule has 3 aromatic rings. The van der Waals surface area contributed by atoms with Crippen molar-refractivity contribution in [2.24, 2.45) is 0 Å². The van der Waals surface area contributed by atoms with Gasteiger partial charge in [0.25, 0.3) is 0 Å². The molecule has 2 heterocycles. The lowest BCUT2D eigenvalue weighted by atomic mass is 10.1. The highest BCUT2D eigenvalue weighted by Crippen LogP contribution is 2.19. The van der Waals surface area contributed by atoms with Gasteiger partial charge in [0, 0.05) is 38.3 Å². The van der Waals surface area contributed by atoms with Crippen molar-refractivity contribution < 1.29 is 9.21 Å². The van der Waals surface area contributed by atoms with E-state index in [1.54, 1.807) is 6.26 Å². The van der Waals surface area contributed by atoms with E-state index in [1.807, 2.05) is 48.5 Å². The zero-order valence-electron chi connectivity index (χ0n) is 17.3. The fourth-order valence-electron chi connectivity index (χ4n) is 3.72. The van der Waals surface area contributed by atoms with Gasteiger partial charge in [0.1, 0.15) is 6.26 Å². The molecule has 1 amide bonds. The van der Waals surface area contributed by atoms with Gasteiger partial charge in [-0.3, -0.25) is 9.69 Å². The number of likely N-dealkylation sites (N-methyl/N-ethyl adjacent to an activating group) is 1. The van der Waals surface area contributed by atoms with E-state index in [1.165, 1.54) is 0 Å². The highest BCUT2D eigenvalue weighted by molar-refractivity contribution is 5.78. The lowest BCUT2D eigenvalue weighted by Gasteiger charge is -2.35. The fourth-order valence-corrected chi connectivity index (χ4v) is 3.72. The summed E-state index contributed by atoms with van der Waals surface area (Å²) in [7, 11) is 2.15. The third-order valence-corrected chi connectivity index (χ3v) is 5.49. The van der Waals surface area contributed by atoms with E-state index < -0.39 is 0 Å². The number of aromatic nitrogens is 1. The van der Waals surface area contributed by atoms with E-state index >= 15 is 0 Å². The number of nitrogens with one attached hydrogen (secondary N) is 1. The molecule has 1 aliphatic rings. The molecule has 0 saturated carbocycles. The summed E-state index contributed by atoms with van der Waals surface area (Å²) in [4.78, 5) is 22.1. The van der Waals surface area contributed by atoms with E-state index in [9.17, 15) is 4.79 Å². The molecule has 156 valence electrons. The third-order valence-electron chi connectivity index (χ3n) is 5.49. The van der Waals surface area contributed by atoms with Crippen molar-refractivity contribution in [3.63, 3.8) is 0 Å². The monoisotopic (exact) mass is 404 g/mol. The van der Waals surface area contributed by atoms with Crippen molar-refractivity contribution in [1.29, 1.82) is 0 Å². The van der Waals surface area contributed by atoms with Gasteiger partial charge in [0.2, 0.25) is 11.8 Å². The van der Waals surface area contributed by atoms with Crippen LogP contribution in [0.1, 0.15) is 17.3 Å². The molecule has 0 bridgehead atoms. The van der Waals surface area contributed by atoms with Crippen LogP contribution in [0.4, 0.5) is 0 Å². The first kappa shape index (κ1) is 20.3. The molecule has 0 radical (unpaired) electrons. The summed E-state index contributed by atoms with van der Waals surface area (Å²) in [6, 6.07) is 19.8. The van der Waals surface area contributed by atoms with Crippen LogP contribution in [0.3, 0.4) is 0 Å². The van der Waals surface area contributed by atoms with Crippen LogP contribution < -0.4 is 5.32 Å². The fraction of sp³-hybridized carbons (Fsp3) is 0.333. The summed E-state index contributed by atoms with van der Waals surface area (Å²) in [5.41, 5.74) is 2.66. The molecule has 6 nitrogen and oxygen atoms in total. The normalized spacial score (nSPS) is 16.3. The molecule has 1 N–H and O–H groups in total. The number of oxazole rings is 1. The minimum absolute atomic E-state index is 0.0501. The van der Waals surface area contributed by atoms with Crippen LogP contribution in [0, 0.1) is 0 Å². The van der Waals surface area contributed by atoms with Gasteiger partial charge in [-0.1, -0.05) is 48.5 Å². The Morgan fingerprint density at radius 1 is 1.03 bits per heavy atom. The number of carbonyl (C=O) groups excluding carboxylic acids is 1. The summed E-state index contributed by atoms with van der Waals surface area (Å²) in [6.07, 6.45) is 1.77. The molecule has 6 heteroatoms. The van der Waals surface area contributed by atoms with E-state index in [2.05, 4.69) is 39.3 Å². The predicted molar refractivity (Wildman–Crippen MR) is 117 cm³/mol. The standard InChI is InChI=1S/C24H28N4O2/c1-27-12-14-28(15-13-27)17-22(19-8-4-2-5-9-19)26-23(29)16-21-18-30-24(25-21)20-10-6-3-7-11-20/h2-11,18,22H,12-17H2,1H3,(H,26,29). The highest BCUT2D eigenvalue weighted by Gasteiger charge is 2.22. The van der Waals surface area contributed by atoms with Crippen LogP contribution >= 0.6 is 0 Å². The third kappa shape index (κ3) is 5.34. The molecule has 1 unspecified atom stereocenters. The minimum Gasteiger partial charge on any atom is -0.444 e. The van der Waals surface area contributed by atoms with Crippen LogP contribution in [0.15, 0.2) is 71.3 Å². The molecule has 0 spiro atoms. The van der Waals surface area contributed by atoms with Crippen LogP contribution in [-0.2, 0) is 11.2 Å². The van der Waals surface area contributed by atoms with Crippen LogP contribution in [-0.4, -0.2) is 60.5 Å². The quantitative estimate of drug-likeness (QED) is 0.656. The van der Waals surface area contributed by atoms with Crippen molar-refractivity contribution in [3.8, 4) is 11.5 Å². The summed E-state index contributed by atoms with van der Waals surface area (Å²) in [5.74, 6) is 0.487. The maximum absolute atomic E-state index is 12.8. The lowest BCUT2D eigenvalue weighted by molar-refractivity contribution is -0.121. The Balaban J connectivity index is 1.41. The molecule has 0 aliphatic carbocycles. The van der Waals surface area contributed by atoms with Crippen molar-refractivity contribution >= 4 is 5.91 Å². The molecule has 1 fully saturated rings. The zero-order chi connectivity index (χ0) is 20.8. The maximum atomic E-state index is 12.8. The van der Waals surface area contributed by atoms with E-state index in [4.69, 9.17) is 4.42 Å². The number of benzene rings is 2. The van der Waals surface area contributed by atoms with Gasteiger partial charge < -0.3 is 14.6 Å². The number of piperazine rings is 1. The lowest BCUT2D eigenvalue weighted by Crippen LogP contribution is -2.48. The second kappa shape index (κ2) is 9.69. The Morgan fingerprint density at radius 3 is 2.40 bits per heavy atom. The number of nitrogens with zero attached hydrogens (tertiary/aromatic N) is 3. The minimum atomic E-state index is -0.0531. The average Bonchev–Trinajstić information content (AvgIpc) is 3.24. The molecule has 1 aromatic heterocycles. The number of rotatable bonds is 7. The molecule has 1 aliphatic heterocycles. The molecule has 1 atom stereocenters. The summed E-state index contributed by atoms with van der Waals surface area (Å²) in [6.45, 7) is 4.93. The van der Waals surface area contributed by atoms with Gasteiger partial charge >= 0.3 is 0 Å². The molecular formula is C24H28N4O2. The number of amides is 1. The Labute approximate surface area is 177 Å². The first-order valence-electron chi connectivity index (χ1n) is 10.4. The Morgan fingerprint density at radius 2 is 1.70 bits per heavy atom. The van der Waals surface area contributed by atoms with Crippen molar-refractivity contribution in [2.45, 2.75) is 12.5 Å². The summed E-state index contributed by atoms with van der Waals surface area (Å²) in [5, 5.41) is 3.21. The molecule has 4 rings (SSSR count). The number of carbonyl (C=O) groups is 1. The Kier molecular flexibility index (Phi) is 6.57. The summed E-state index contributed by atoms with van der Waals surface area (Å²) >= 11 is 0. The second-order valence-corrected chi connectivity index (χ2v) is 7.82. The SMILES string of the molecule is CN1CCN(CC(NC(=O)Cc2coc(-c3ccccc3)n2)c2ccccc2)CC1. The molecule has 1 saturated heterocycles. The number of hydrogen-bond acceptors (Lipinski definition) is 5. The van der Waals surface area contributed by atoms with Crippen molar-refractivity contribution in [2.75, 3.05) is 39.8 Å². The average molecular weight is 405 g/mol. The topological polar surface area (TPSA) is 61.6 Å². The first-order valence-corrected chi connectivity index (χ1v) is 10.4. The largest absolute Gasteiger partial charge is 0.444 e. The van der Waals surface area contributed by atoms with Gasteiger partial charge in [-0.05, 0) is 24.7 Å². The Bertz CT molecular complexity index is 934.